The fourth-order valence-electron chi connectivity index (χ4n) is 2.22. The second-order valence-corrected chi connectivity index (χ2v) is 9.14. The summed E-state index contributed by atoms with van der Waals surface area (Å²) in [6.45, 7) is -0.0332. The van der Waals surface area contributed by atoms with E-state index in [1.54, 1.807) is 6.07 Å². The quantitative estimate of drug-likeness (QED) is 0.426. The highest BCUT2D eigenvalue weighted by Gasteiger charge is 2.21. The molecule has 0 spiro atoms. The zero-order valence-corrected chi connectivity index (χ0v) is 17.7. The first kappa shape index (κ1) is 21.5. The van der Waals surface area contributed by atoms with Crippen molar-refractivity contribution in [1.82, 2.24) is 9.69 Å². The molecule has 0 atom stereocenters. The molecule has 12 heteroatoms. The molecule has 0 aliphatic rings. The highest BCUT2D eigenvalue weighted by molar-refractivity contribution is 7.98. The molecule has 6 nitrogen and oxygen atoms in total. The van der Waals surface area contributed by atoms with Crippen LogP contribution in [0.5, 0.6) is 0 Å². The van der Waals surface area contributed by atoms with Crippen LogP contribution in [0.2, 0.25) is 4.34 Å². The topological polar surface area (TPSA) is 97.1 Å². The van der Waals surface area contributed by atoms with E-state index in [0.717, 1.165) is 28.5 Å². The largest absolute Gasteiger partial charge is 0.365 e. The minimum absolute atomic E-state index is 0.0332. The zero-order valence-electron chi connectivity index (χ0n) is 14.5. The van der Waals surface area contributed by atoms with Crippen LogP contribution >= 0.6 is 46.2 Å². The second-order valence-electron chi connectivity index (χ2n) is 5.61. The minimum atomic E-state index is -1.00. The normalized spacial score (nSPS) is 10.7. The Morgan fingerprint density at radius 2 is 2.00 bits per heavy atom. The molecule has 0 fully saturated rings. The highest BCUT2D eigenvalue weighted by Crippen LogP contribution is 2.35. The van der Waals surface area contributed by atoms with E-state index in [9.17, 15) is 18.4 Å². The van der Waals surface area contributed by atoms with E-state index in [1.807, 2.05) is 6.07 Å². The first-order valence-corrected chi connectivity index (χ1v) is 10.9. The maximum absolute atomic E-state index is 13.2. The number of rotatable bonds is 7. The van der Waals surface area contributed by atoms with Crippen LogP contribution in [0.3, 0.4) is 0 Å². The van der Waals surface area contributed by atoms with E-state index >= 15 is 0 Å². The van der Waals surface area contributed by atoms with Crippen LogP contribution in [0.4, 0.5) is 18.6 Å². The summed E-state index contributed by atoms with van der Waals surface area (Å²) in [5.74, 6) is -2.15. The van der Waals surface area contributed by atoms with Crippen molar-refractivity contribution in [3.63, 3.8) is 0 Å². The molecule has 0 unspecified atom stereocenters. The number of amides is 3. The fourth-order valence-corrected chi connectivity index (χ4v) is 5.32. The molecule has 2 heterocycles. The molecule has 4 N–H and O–H groups in total. The number of benzene rings is 1. The van der Waals surface area contributed by atoms with Crippen molar-refractivity contribution in [2.24, 2.45) is 5.73 Å². The summed E-state index contributed by atoms with van der Waals surface area (Å²) >= 11 is 9.55. The Labute approximate surface area is 181 Å². The van der Waals surface area contributed by atoms with Gasteiger partial charge in [-0.05, 0) is 41.4 Å². The summed E-state index contributed by atoms with van der Waals surface area (Å²) in [7, 11) is 0. The van der Waals surface area contributed by atoms with Gasteiger partial charge in [-0.3, -0.25) is 10.1 Å². The van der Waals surface area contributed by atoms with Gasteiger partial charge in [0.1, 0.15) is 15.6 Å². The van der Waals surface area contributed by atoms with E-state index < -0.39 is 23.6 Å². The van der Waals surface area contributed by atoms with Gasteiger partial charge in [0.25, 0.3) is 5.91 Å². The maximum Gasteiger partial charge on any atom is 0.320 e. The first-order chi connectivity index (χ1) is 13.8. The Morgan fingerprint density at radius 1 is 1.21 bits per heavy atom. The van der Waals surface area contributed by atoms with Gasteiger partial charge >= 0.3 is 6.03 Å². The number of carbonyl (C=O) groups excluding carboxylic acids is 2. The average molecular weight is 475 g/mol. The van der Waals surface area contributed by atoms with Crippen LogP contribution in [-0.2, 0) is 12.3 Å². The number of halogens is 3. The molecule has 3 rings (SSSR count). The van der Waals surface area contributed by atoms with Crippen molar-refractivity contribution in [3.8, 4) is 0 Å². The van der Waals surface area contributed by atoms with Crippen molar-refractivity contribution in [2.45, 2.75) is 17.3 Å². The van der Waals surface area contributed by atoms with Crippen LogP contribution in [0.15, 0.2) is 35.4 Å². The van der Waals surface area contributed by atoms with Crippen LogP contribution < -0.4 is 16.4 Å². The third kappa shape index (κ3) is 5.66. The van der Waals surface area contributed by atoms with E-state index in [-0.39, 0.29) is 17.1 Å². The van der Waals surface area contributed by atoms with E-state index in [1.165, 1.54) is 29.2 Å². The molecule has 152 valence electrons. The lowest BCUT2D eigenvalue weighted by Gasteiger charge is -2.07. The number of hydrogen-bond donors (Lipinski definition) is 3. The Bertz CT molecular complexity index is 1060. The molecule has 2 aromatic heterocycles. The van der Waals surface area contributed by atoms with Gasteiger partial charge in [0.2, 0.25) is 0 Å². The SMILES string of the molecule is NC(=O)c1c(SCc2ccc(Cl)s2)nsc1NC(=O)NCc1ccc(F)c(F)c1. The fraction of sp³-hybridized carbons (Fsp3) is 0.118. The highest BCUT2D eigenvalue weighted by atomic mass is 35.5. The van der Waals surface area contributed by atoms with Crippen molar-refractivity contribution in [2.75, 3.05) is 5.32 Å². The van der Waals surface area contributed by atoms with Crippen LogP contribution in [0, 0.1) is 11.6 Å². The number of nitrogens with zero attached hydrogens (tertiary/aromatic N) is 1. The van der Waals surface area contributed by atoms with Gasteiger partial charge in [-0.1, -0.05) is 29.4 Å². The molecule has 0 aliphatic heterocycles. The Morgan fingerprint density at radius 3 is 2.66 bits per heavy atom. The monoisotopic (exact) mass is 474 g/mol. The number of hydrogen-bond acceptors (Lipinski definition) is 6. The van der Waals surface area contributed by atoms with Crippen molar-refractivity contribution >= 4 is 63.2 Å². The molecule has 0 bridgehead atoms. The Hall–Kier alpha value is -2.21. The zero-order chi connectivity index (χ0) is 21.0. The number of nitrogens with one attached hydrogen (secondary N) is 2. The van der Waals surface area contributed by atoms with Crippen LogP contribution in [0.1, 0.15) is 20.8 Å². The number of urea groups is 1. The summed E-state index contributed by atoms with van der Waals surface area (Å²) in [5.41, 5.74) is 5.95. The number of aromatic nitrogens is 1. The summed E-state index contributed by atoms with van der Waals surface area (Å²) in [6.07, 6.45) is 0. The summed E-state index contributed by atoms with van der Waals surface area (Å²) in [6, 6.07) is 6.34. The third-order valence-electron chi connectivity index (χ3n) is 3.55. The van der Waals surface area contributed by atoms with Crippen molar-refractivity contribution in [1.29, 1.82) is 0 Å². The molecule has 0 aliphatic carbocycles. The molecular formula is C17H13ClF2N4O2S3. The smallest absolute Gasteiger partial charge is 0.320 e. The Balaban J connectivity index is 1.63. The third-order valence-corrected chi connectivity index (χ3v) is 6.87. The average Bonchev–Trinajstić information content (AvgIpc) is 3.26. The second kappa shape index (κ2) is 9.53. The molecule has 0 radical (unpaired) electrons. The molecule has 3 aromatic rings. The summed E-state index contributed by atoms with van der Waals surface area (Å²) in [5, 5.41) is 5.62. The van der Waals surface area contributed by atoms with E-state index in [2.05, 4.69) is 15.0 Å². The molecule has 1 aromatic carbocycles. The lowest BCUT2D eigenvalue weighted by Crippen LogP contribution is -2.29. The van der Waals surface area contributed by atoms with Gasteiger partial charge in [-0.15, -0.1) is 11.3 Å². The number of nitrogens with two attached hydrogens (primary N) is 1. The summed E-state index contributed by atoms with van der Waals surface area (Å²) < 4.78 is 31.0. The van der Waals surface area contributed by atoms with Crippen LogP contribution in [0.25, 0.3) is 0 Å². The minimum Gasteiger partial charge on any atom is -0.365 e. The lowest BCUT2D eigenvalue weighted by atomic mass is 10.2. The number of carbonyl (C=O) groups is 2. The first-order valence-electron chi connectivity index (χ1n) is 7.98. The van der Waals surface area contributed by atoms with Gasteiger partial charge < -0.3 is 11.1 Å². The van der Waals surface area contributed by atoms with Gasteiger partial charge in [-0.25, -0.2) is 13.6 Å². The number of thioether (sulfide) groups is 1. The lowest BCUT2D eigenvalue weighted by molar-refractivity contribution is 0.0998. The van der Waals surface area contributed by atoms with E-state index in [0.29, 0.717) is 20.7 Å². The molecule has 0 saturated heterocycles. The number of primary amides is 1. The predicted molar refractivity (Wildman–Crippen MR) is 112 cm³/mol. The maximum atomic E-state index is 13.2. The van der Waals surface area contributed by atoms with Gasteiger partial charge in [-0.2, -0.15) is 4.37 Å². The van der Waals surface area contributed by atoms with Crippen LogP contribution in [-0.4, -0.2) is 16.3 Å². The van der Waals surface area contributed by atoms with Gasteiger partial charge in [0.15, 0.2) is 11.6 Å². The molecule has 0 saturated carbocycles. The van der Waals surface area contributed by atoms with Crippen molar-refractivity contribution < 1.29 is 18.4 Å². The van der Waals surface area contributed by atoms with Crippen molar-refractivity contribution in [3.05, 3.63) is 62.3 Å². The molecule has 3 amide bonds. The Kier molecular flexibility index (Phi) is 7.06. The van der Waals surface area contributed by atoms with Gasteiger partial charge in [0, 0.05) is 17.2 Å². The molecule has 29 heavy (non-hydrogen) atoms. The van der Waals surface area contributed by atoms with Gasteiger partial charge in [0.05, 0.1) is 4.34 Å². The standard InChI is InChI=1S/C17H13ClF2N4O2S3/c18-12-4-2-9(28-12)7-27-16-13(14(21)25)15(29-24-16)23-17(26)22-6-8-1-3-10(19)11(20)5-8/h1-5H,6-7H2,(H2,21,25)(H2,22,23,26). The van der Waals surface area contributed by atoms with E-state index in [4.69, 9.17) is 17.3 Å². The molecular weight excluding hydrogens is 462 g/mol. The number of anilines is 1. The number of thiophene rings is 1. The summed E-state index contributed by atoms with van der Waals surface area (Å²) in [4.78, 5) is 25.0. The predicted octanol–water partition coefficient (Wildman–Crippen LogP) is 4.85.